The van der Waals surface area contributed by atoms with Crippen LogP contribution >= 0.6 is 0 Å². The lowest BCUT2D eigenvalue weighted by Crippen LogP contribution is -2.33. The van der Waals surface area contributed by atoms with Gasteiger partial charge < -0.3 is 9.73 Å². The van der Waals surface area contributed by atoms with Crippen molar-refractivity contribution in [3.63, 3.8) is 0 Å². The van der Waals surface area contributed by atoms with Gasteiger partial charge in [0.15, 0.2) is 5.78 Å². The number of ketones is 1. The number of hydrogen-bond donors (Lipinski definition) is 1. The van der Waals surface area contributed by atoms with Gasteiger partial charge in [-0.25, -0.2) is 4.39 Å². The first kappa shape index (κ1) is 11.8. The van der Waals surface area contributed by atoms with Gasteiger partial charge in [0, 0.05) is 5.56 Å². The van der Waals surface area contributed by atoms with E-state index in [1.54, 1.807) is 19.2 Å². The third-order valence-electron chi connectivity index (χ3n) is 2.88. The van der Waals surface area contributed by atoms with Crippen molar-refractivity contribution in [2.75, 3.05) is 7.05 Å². The molecular formula is C13H14FNO2. The van der Waals surface area contributed by atoms with Crippen molar-refractivity contribution in [1.82, 2.24) is 5.32 Å². The Kier molecular flexibility index (Phi) is 3.24. The summed E-state index contributed by atoms with van der Waals surface area (Å²) < 4.78 is 18.8. The molecule has 1 aromatic carbocycles. The average Bonchev–Trinajstić information content (AvgIpc) is 2.79. The van der Waals surface area contributed by atoms with E-state index in [1.807, 2.05) is 6.92 Å². The fourth-order valence-corrected chi connectivity index (χ4v) is 1.89. The van der Waals surface area contributed by atoms with Gasteiger partial charge in [-0.1, -0.05) is 6.92 Å². The van der Waals surface area contributed by atoms with Gasteiger partial charge in [-0.15, -0.1) is 0 Å². The summed E-state index contributed by atoms with van der Waals surface area (Å²) >= 11 is 0. The first-order valence-electron chi connectivity index (χ1n) is 5.55. The maximum Gasteiger partial charge on any atom is 0.179 e. The summed E-state index contributed by atoms with van der Waals surface area (Å²) in [5, 5.41) is 3.31. The number of fused-ring (bicyclic) bond motifs is 1. The average molecular weight is 235 g/mol. The Bertz CT molecular complexity index is 543. The zero-order valence-electron chi connectivity index (χ0n) is 9.79. The molecule has 1 N–H and O–H groups in total. The first-order valence-corrected chi connectivity index (χ1v) is 5.55. The summed E-state index contributed by atoms with van der Waals surface area (Å²) in [5.41, 5.74) is 0.741. The third kappa shape index (κ3) is 2.08. The van der Waals surface area contributed by atoms with E-state index in [0.29, 0.717) is 23.0 Å². The molecule has 17 heavy (non-hydrogen) atoms. The molecule has 2 rings (SSSR count). The van der Waals surface area contributed by atoms with Crippen molar-refractivity contribution in [1.29, 1.82) is 0 Å². The molecule has 0 fully saturated rings. The van der Waals surface area contributed by atoms with Gasteiger partial charge in [-0.3, -0.25) is 4.79 Å². The minimum atomic E-state index is -0.425. The number of halogens is 1. The molecule has 4 heteroatoms. The number of nitrogens with one attached hydrogen (secondary N) is 1. The molecular weight excluding hydrogens is 221 g/mol. The highest BCUT2D eigenvalue weighted by atomic mass is 19.1. The maximum absolute atomic E-state index is 13.7. The number of furan rings is 1. The monoisotopic (exact) mass is 235 g/mol. The van der Waals surface area contributed by atoms with Gasteiger partial charge in [0.25, 0.3) is 0 Å². The van der Waals surface area contributed by atoms with E-state index in [9.17, 15) is 9.18 Å². The van der Waals surface area contributed by atoms with Crippen LogP contribution in [-0.4, -0.2) is 18.9 Å². The van der Waals surface area contributed by atoms with Crippen LogP contribution in [0.25, 0.3) is 11.0 Å². The second-order valence-electron chi connectivity index (χ2n) is 3.90. The number of carbonyl (C=O) groups is 1. The molecule has 0 saturated carbocycles. The molecule has 0 amide bonds. The molecule has 0 aliphatic rings. The van der Waals surface area contributed by atoms with Crippen LogP contribution in [-0.2, 0) is 0 Å². The Morgan fingerprint density at radius 2 is 2.29 bits per heavy atom. The Hall–Kier alpha value is -1.68. The fraction of sp³-hybridized carbons (Fsp3) is 0.308. The molecule has 1 heterocycles. The smallest absolute Gasteiger partial charge is 0.179 e. The lowest BCUT2D eigenvalue weighted by atomic mass is 10.0. The molecule has 0 aliphatic carbocycles. The lowest BCUT2D eigenvalue weighted by molar-refractivity contribution is 0.0944. The number of carbonyl (C=O) groups excluding carboxylic acids is 1. The number of hydrogen-bond acceptors (Lipinski definition) is 3. The third-order valence-corrected chi connectivity index (χ3v) is 2.88. The van der Waals surface area contributed by atoms with E-state index in [2.05, 4.69) is 5.32 Å². The molecule has 0 bridgehead atoms. The molecule has 2 aromatic rings. The standard InChI is InChI=1S/C13H14FNO2/c1-3-11(15-2)13(16)8-6-10(14)9-4-5-17-12(9)7-8/h4-7,11,15H,3H2,1-2H3. The topological polar surface area (TPSA) is 42.2 Å². The Balaban J connectivity index is 2.45. The quantitative estimate of drug-likeness (QED) is 0.828. The van der Waals surface area contributed by atoms with Gasteiger partial charge in [0.05, 0.1) is 17.7 Å². The van der Waals surface area contributed by atoms with E-state index in [1.165, 1.54) is 12.3 Å². The van der Waals surface area contributed by atoms with Crippen molar-refractivity contribution < 1.29 is 13.6 Å². The second-order valence-corrected chi connectivity index (χ2v) is 3.90. The Morgan fingerprint density at radius 3 is 2.94 bits per heavy atom. The number of rotatable bonds is 4. The second kappa shape index (κ2) is 4.67. The first-order chi connectivity index (χ1) is 8.17. The van der Waals surface area contributed by atoms with E-state index >= 15 is 0 Å². The summed E-state index contributed by atoms with van der Waals surface area (Å²) in [4.78, 5) is 12.1. The maximum atomic E-state index is 13.7. The molecule has 0 aliphatic heterocycles. The van der Waals surface area contributed by atoms with E-state index in [-0.39, 0.29) is 11.8 Å². The van der Waals surface area contributed by atoms with Crippen LogP contribution in [0.1, 0.15) is 23.7 Å². The predicted octanol–water partition coefficient (Wildman–Crippen LogP) is 2.75. The van der Waals surface area contributed by atoms with Crippen LogP contribution in [0.15, 0.2) is 28.9 Å². The molecule has 0 radical (unpaired) electrons. The van der Waals surface area contributed by atoms with Crippen LogP contribution < -0.4 is 5.32 Å². The SMILES string of the molecule is CCC(NC)C(=O)c1cc(F)c2ccoc2c1. The summed E-state index contributed by atoms with van der Waals surface area (Å²) in [6.45, 7) is 1.90. The van der Waals surface area contributed by atoms with Crippen molar-refractivity contribution in [2.24, 2.45) is 0 Å². The summed E-state index contributed by atoms with van der Waals surface area (Å²) in [7, 11) is 1.72. The normalized spacial score (nSPS) is 12.9. The Labute approximate surface area is 98.6 Å². The van der Waals surface area contributed by atoms with Crippen molar-refractivity contribution in [2.45, 2.75) is 19.4 Å². The fourth-order valence-electron chi connectivity index (χ4n) is 1.89. The molecule has 1 aromatic heterocycles. The van der Waals surface area contributed by atoms with Gasteiger partial charge >= 0.3 is 0 Å². The highest BCUT2D eigenvalue weighted by molar-refractivity contribution is 6.02. The molecule has 1 unspecified atom stereocenters. The molecule has 3 nitrogen and oxygen atoms in total. The minimum absolute atomic E-state index is 0.118. The Morgan fingerprint density at radius 1 is 1.53 bits per heavy atom. The van der Waals surface area contributed by atoms with Crippen LogP contribution in [0.2, 0.25) is 0 Å². The highest BCUT2D eigenvalue weighted by Crippen LogP contribution is 2.22. The van der Waals surface area contributed by atoms with Crippen LogP contribution in [0.5, 0.6) is 0 Å². The molecule has 90 valence electrons. The zero-order chi connectivity index (χ0) is 12.4. The molecule has 0 saturated heterocycles. The lowest BCUT2D eigenvalue weighted by Gasteiger charge is -2.12. The van der Waals surface area contributed by atoms with E-state index in [4.69, 9.17) is 4.42 Å². The minimum Gasteiger partial charge on any atom is -0.464 e. The predicted molar refractivity (Wildman–Crippen MR) is 63.6 cm³/mol. The van der Waals surface area contributed by atoms with Crippen LogP contribution in [0.3, 0.4) is 0 Å². The summed E-state index contributed by atoms with van der Waals surface area (Å²) in [6.07, 6.45) is 2.07. The number of likely N-dealkylation sites (N-methyl/N-ethyl adjacent to an activating group) is 1. The van der Waals surface area contributed by atoms with E-state index < -0.39 is 5.82 Å². The van der Waals surface area contributed by atoms with Crippen molar-refractivity contribution in [3.05, 3.63) is 35.8 Å². The molecule has 1 atom stereocenters. The van der Waals surface area contributed by atoms with Crippen LogP contribution in [0, 0.1) is 5.82 Å². The van der Waals surface area contributed by atoms with Gasteiger partial charge in [-0.2, -0.15) is 0 Å². The van der Waals surface area contributed by atoms with Gasteiger partial charge in [-0.05, 0) is 31.7 Å². The number of Topliss-reactive ketones (excluding diaryl/α,β-unsaturated/α-hetero) is 1. The molecule has 0 spiro atoms. The largest absolute Gasteiger partial charge is 0.464 e. The number of benzene rings is 1. The highest BCUT2D eigenvalue weighted by Gasteiger charge is 2.18. The zero-order valence-corrected chi connectivity index (χ0v) is 9.79. The van der Waals surface area contributed by atoms with Gasteiger partial charge in [0.1, 0.15) is 11.4 Å². The van der Waals surface area contributed by atoms with Crippen molar-refractivity contribution in [3.8, 4) is 0 Å². The summed E-state index contributed by atoms with van der Waals surface area (Å²) in [6, 6.07) is 4.11. The van der Waals surface area contributed by atoms with E-state index in [0.717, 1.165) is 0 Å². The summed E-state index contributed by atoms with van der Waals surface area (Å²) in [5.74, 6) is -0.544. The van der Waals surface area contributed by atoms with Crippen LogP contribution in [0.4, 0.5) is 4.39 Å². The van der Waals surface area contributed by atoms with Crippen molar-refractivity contribution >= 4 is 16.8 Å². The van der Waals surface area contributed by atoms with Gasteiger partial charge in [0.2, 0.25) is 0 Å².